The minimum absolute atomic E-state index is 0.159. The highest BCUT2D eigenvalue weighted by Gasteiger charge is 2.36. The van der Waals surface area contributed by atoms with Crippen LogP contribution in [0.15, 0.2) is 42.5 Å². The van der Waals surface area contributed by atoms with E-state index in [4.69, 9.17) is 23.2 Å². The molecular weight excluding hydrogens is 393 g/mol. The van der Waals surface area contributed by atoms with Crippen LogP contribution < -0.4 is 10.7 Å². The molecule has 27 heavy (non-hydrogen) atoms. The van der Waals surface area contributed by atoms with Crippen LogP contribution in [0.5, 0.6) is 0 Å². The van der Waals surface area contributed by atoms with Crippen LogP contribution in [0.3, 0.4) is 0 Å². The topological polar surface area (TPSA) is 95.6 Å². The summed E-state index contributed by atoms with van der Waals surface area (Å²) in [5, 5.41) is 3.91. The standard InChI is InChI=1S/C18H13Cl2N3O4/c19-10-5-6-14(13(20)9-10)21-15(24)7-8-16(25)22-23-17(26)11-3-1-2-4-12(11)18(23)27/h1-6,9H,7-8H2,(H,21,24)(H,22,25). The van der Waals surface area contributed by atoms with E-state index in [1.54, 1.807) is 24.3 Å². The van der Waals surface area contributed by atoms with Crippen molar-refractivity contribution in [2.75, 3.05) is 5.32 Å². The summed E-state index contributed by atoms with van der Waals surface area (Å²) < 4.78 is 0. The summed E-state index contributed by atoms with van der Waals surface area (Å²) in [7, 11) is 0. The van der Waals surface area contributed by atoms with Crippen LogP contribution in [-0.4, -0.2) is 28.6 Å². The van der Waals surface area contributed by atoms with Crippen molar-refractivity contribution < 1.29 is 19.2 Å². The Balaban J connectivity index is 1.54. The second-order valence-corrected chi connectivity index (χ2v) is 6.54. The third-order valence-electron chi connectivity index (χ3n) is 3.81. The lowest BCUT2D eigenvalue weighted by atomic mass is 10.1. The van der Waals surface area contributed by atoms with Crippen LogP contribution in [0.2, 0.25) is 10.0 Å². The van der Waals surface area contributed by atoms with Gasteiger partial charge in [-0.05, 0) is 30.3 Å². The quantitative estimate of drug-likeness (QED) is 0.747. The van der Waals surface area contributed by atoms with Gasteiger partial charge in [-0.3, -0.25) is 24.6 Å². The van der Waals surface area contributed by atoms with Crippen molar-refractivity contribution in [3.05, 3.63) is 63.6 Å². The van der Waals surface area contributed by atoms with Crippen LogP contribution in [0.25, 0.3) is 0 Å². The minimum atomic E-state index is -0.637. The lowest BCUT2D eigenvalue weighted by molar-refractivity contribution is -0.126. The third kappa shape index (κ3) is 4.10. The third-order valence-corrected chi connectivity index (χ3v) is 4.36. The number of anilines is 1. The lowest BCUT2D eigenvalue weighted by Crippen LogP contribution is -2.46. The van der Waals surface area contributed by atoms with Crippen molar-refractivity contribution in [3.63, 3.8) is 0 Å². The second kappa shape index (κ2) is 7.77. The number of nitrogens with zero attached hydrogens (tertiary/aromatic N) is 1. The molecule has 2 N–H and O–H groups in total. The van der Waals surface area contributed by atoms with Crippen LogP contribution in [0.4, 0.5) is 5.69 Å². The number of carbonyl (C=O) groups is 4. The maximum atomic E-state index is 12.2. The van der Waals surface area contributed by atoms with E-state index in [0.717, 1.165) is 0 Å². The van der Waals surface area contributed by atoms with Crippen LogP contribution in [0.1, 0.15) is 33.6 Å². The van der Waals surface area contributed by atoms with E-state index in [1.165, 1.54) is 18.2 Å². The predicted octanol–water partition coefficient (Wildman–Crippen LogP) is 3.04. The van der Waals surface area contributed by atoms with Crippen molar-refractivity contribution in [2.24, 2.45) is 0 Å². The molecular formula is C18H13Cl2N3O4. The van der Waals surface area contributed by atoms with Gasteiger partial charge in [0.2, 0.25) is 11.8 Å². The Hall–Kier alpha value is -2.90. The molecule has 9 heteroatoms. The number of hydrogen-bond acceptors (Lipinski definition) is 4. The van der Waals surface area contributed by atoms with Crippen LogP contribution >= 0.6 is 23.2 Å². The van der Waals surface area contributed by atoms with Gasteiger partial charge in [0.05, 0.1) is 21.8 Å². The van der Waals surface area contributed by atoms with Gasteiger partial charge < -0.3 is 5.32 Å². The van der Waals surface area contributed by atoms with Gasteiger partial charge in [-0.15, -0.1) is 0 Å². The summed E-state index contributed by atoms with van der Waals surface area (Å²) in [5.41, 5.74) is 3.04. The number of nitrogens with one attached hydrogen (secondary N) is 2. The number of amides is 4. The van der Waals surface area contributed by atoms with Gasteiger partial charge in [-0.2, -0.15) is 5.01 Å². The van der Waals surface area contributed by atoms with E-state index in [0.29, 0.717) is 15.7 Å². The molecule has 1 heterocycles. The zero-order valence-corrected chi connectivity index (χ0v) is 15.3. The highest BCUT2D eigenvalue weighted by Crippen LogP contribution is 2.25. The van der Waals surface area contributed by atoms with Crippen molar-refractivity contribution in [3.8, 4) is 0 Å². The van der Waals surface area contributed by atoms with Crippen LogP contribution in [-0.2, 0) is 9.59 Å². The number of imide groups is 1. The Morgan fingerprint density at radius 1 is 0.889 bits per heavy atom. The number of fused-ring (bicyclic) bond motifs is 1. The first-order chi connectivity index (χ1) is 12.9. The fraction of sp³-hybridized carbons (Fsp3) is 0.111. The van der Waals surface area contributed by atoms with E-state index < -0.39 is 23.6 Å². The highest BCUT2D eigenvalue weighted by atomic mass is 35.5. The molecule has 138 valence electrons. The fourth-order valence-corrected chi connectivity index (χ4v) is 2.96. The van der Waals surface area contributed by atoms with Gasteiger partial charge in [-0.25, -0.2) is 0 Å². The summed E-state index contributed by atoms with van der Waals surface area (Å²) in [6.07, 6.45) is -0.377. The van der Waals surface area contributed by atoms with E-state index in [-0.39, 0.29) is 29.0 Å². The molecule has 0 saturated heterocycles. The van der Waals surface area contributed by atoms with Gasteiger partial charge in [0.25, 0.3) is 11.8 Å². The largest absolute Gasteiger partial charge is 0.325 e. The number of hydrazine groups is 1. The van der Waals surface area contributed by atoms with E-state index >= 15 is 0 Å². The molecule has 3 rings (SSSR count). The van der Waals surface area contributed by atoms with Crippen molar-refractivity contribution in [1.29, 1.82) is 0 Å². The fourth-order valence-electron chi connectivity index (χ4n) is 2.50. The number of carbonyl (C=O) groups excluding carboxylic acids is 4. The molecule has 0 fully saturated rings. The van der Waals surface area contributed by atoms with Crippen molar-refractivity contribution in [2.45, 2.75) is 12.8 Å². The molecule has 1 aliphatic heterocycles. The maximum absolute atomic E-state index is 12.2. The lowest BCUT2D eigenvalue weighted by Gasteiger charge is -2.15. The highest BCUT2D eigenvalue weighted by molar-refractivity contribution is 6.36. The molecule has 0 radical (unpaired) electrons. The molecule has 0 aromatic heterocycles. The number of hydrogen-bond donors (Lipinski definition) is 2. The van der Waals surface area contributed by atoms with Gasteiger partial charge in [0.1, 0.15) is 0 Å². The number of benzene rings is 2. The van der Waals surface area contributed by atoms with E-state index in [9.17, 15) is 19.2 Å². The van der Waals surface area contributed by atoms with Crippen molar-refractivity contribution >= 4 is 52.5 Å². The van der Waals surface area contributed by atoms with Gasteiger partial charge >= 0.3 is 0 Å². The Morgan fingerprint density at radius 2 is 1.48 bits per heavy atom. The first kappa shape index (κ1) is 18.9. The summed E-state index contributed by atoms with van der Waals surface area (Å²) >= 11 is 11.8. The van der Waals surface area contributed by atoms with Crippen LogP contribution in [0, 0.1) is 0 Å². The summed E-state index contributed by atoms with van der Waals surface area (Å²) in [6, 6.07) is 10.9. The Morgan fingerprint density at radius 3 is 2.07 bits per heavy atom. The first-order valence-corrected chi connectivity index (χ1v) is 8.64. The molecule has 2 aromatic rings. The van der Waals surface area contributed by atoms with E-state index in [2.05, 4.69) is 10.7 Å². The summed E-state index contributed by atoms with van der Waals surface area (Å²) in [5.74, 6) is -2.30. The Kier molecular flexibility index (Phi) is 5.43. The van der Waals surface area contributed by atoms with Gasteiger partial charge in [0, 0.05) is 17.9 Å². The molecule has 0 unspecified atom stereocenters. The maximum Gasteiger partial charge on any atom is 0.280 e. The second-order valence-electron chi connectivity index (χ2n) is 5.70. The molecule has 0 saturated carbocycles. The molecule has 1 aliphatic rings. The smallest absolute Gasteiger partial charge is 0.280 e. The average molecular weight is 406 g/mol. The Labute approximate surface area is 164 Å². The molecule has 4 amide bonds. The molecule has 0 atom stereocenters. The normalized spacial score (nSPS) is 12.7. The van der Waals surface area contributed by atoms with Gasteiger partial charge in [0.15, 0.2) is 0 Å². The van der Waals surface area contributed by atoms with E-state index in [1.807, 2.05) is 0 Å². The molecule has 7 nitrogen and oxygen atoms in total. The minimum Gasteiger partial charge on any atom is -0.325 e. The summed E-state index contributed by atoms with van der Waals surface area (Å²) in [4.78, 5) is 48.3. The summed E-state index contributed by atoms with van der Waals surface area (Å²) in [6.45, 7) is 0. The first-order valence-electron chi connectivity index (χ1n) is 7.89. The molecule has 2 aromatic carbocycles. The average Bonchev–Trinajstić information content (AvgIpc) is 2.88. The SMILES string of the molecule is O=C(CCC(=O)NN1C(=O)c2ccccc2C1=O)Nc1ccc(Cl)cc1Cl. The number of rotatable bonds is 5. The zero-order chi connectivity index (χ0) is 19.6. The number of halogens is 2. The van der Waals surface area contributed by atoms with Crippen molar-refractivity contribution in [1.82, 2.24) is 10.4 Å². The molecule has 0 spiro atoms. The predicted molar refractivity (Wildman–Crippen MR) is 99.4 cm³/mol. The Bertz CT molecular complexity index is 926. The monoisotopic (exact) mass is 405 g/mol. The molecule has 0 bridgehead atoms. The molecule has 0 aliphatic carbocycles. The zero-order valence-electron chi connectivity index (χ0n) is 13.8. The van der Waals surface area contributed by atoms with Gasteiger partial charge in [-0.1, -0.05) is 35.3 Å².